The fraction of sp³-hybridized carbons (Fsp3) is 0.250. The van der Waals surface area contributed by atoms with Crippen molar-refractivity contribution in [1.29, 1.82) is 0 Å². The second kappa shape index (κ2) is 7.10. The van der Waals surface area contributed by atoms with Crippen LogP contribution in [0.2, 0.25) is 0 Å². The summed E-state index contributed by atoms with van der Waals surface area (Å²) in [6.07, 6.45) is 3.74. The molecule has 4 heteroatoms. The van der Waals surface area contributed by atoms with Gasteiger partial charge in [0.05, 0.1) is 11.6 Å². The van der Waals surface area contributed by atoms with Crippen LogP contribution in [-0.4, -0.2) is 22.9 Å². The van der Waals surface area contributed by atoms with Crippen LogP contribution in [-0.2, 0) is 0 Å². The Labute approximate surface area is 123 Å². The number of benzene rings is 1. The highest BCUT2D eigenvalue weighted by Crippen LogP contribution is 2.18. The van der Waals surface area contributed by atoms with Crippen LogP contribution in [0.15, 0.2) is 48.7 Å². The Bertz CT molecular complexity index is 572. The highest BCUT2D eigenvalue weighted by molar-refractivity contribution is 7.98. The van der Waals surface area contributed by atoms with Crippen molar-refractivity contribution in [2.45, 2.75) is 13.0 Å². The summed E-state index contributed by atoms with van der Waals surface area (Å²) in [6, 6.07) is 13.6. The van der Waals surface area contributed by atoms with E-state index in [1.54, 1.807) is 30.1 Å². The first-order valence-electron chi connectivity index (χ1n) is 6.48. The molecule has 20 heavy (non-hydrogen) atoms. The first kappa shape index (κ1) is 14.6. The van der Waals surface area contributed by atoms with Crippen molar-refractivity contribution in [2.24, 2.45) is 0 Å². The highest BCUT2D eigenvalue weighted by Gasteiger charge is 2.16. The summed E-state index contributed by atoms with van der Waals surface area (Å²) in [4.78, 5) is 16.5. The van der Waals surface area contributed by atoms with Gasteiger partial charge in [-0.25, -0.2) is 0 Å². The van der Waals surface area contributed by atoms with Gasteiger partial charge in [-0.15, -0.1) is 0 Å². The van der Waals surface area contributed by atoms with Crippen molar-refractivity contribution in [3.05, 3.63) is 65.5 Å². The number of aromatic nitrogens is 1. The SMILES string of the molecule is CSCC(NC(=O)c1cccnc1C)c1ccccc1. The van der Waals surface area contributed by atoms with Crippen molar-refractivity contribution in [2.75, 3.05) is 12.0 Å². The molecule has 0 saturated carbocycles. The summed E-state index contributed by atoms with van der Waals surface area (Å²) in [5, 5.41) is 3.09. The quantitative estimate of drug-likeness (QED) is 0.917. The molecule has 0 aliphatic rings. The lowest BCUT2D eigenvalue weighted by molar-refractivity contribution is 0.0939. The van der Waals surface area contributed by atoms with Gasteiger partial charge in [0.15, 0.2) is 0 Å². The number of amides is 1. The smallest absolute Gasteiger partial charge is 0.253 e. The molecule has 0 fully saturated rings. The zero-order valence-electron chi connectivity index (χ0n) is 11.7. The Hall–Kier alpha value is -1.81. The van der Waals surface area contributed by atoms with Crippen LogP contribution in [0.4, 0.5) is 0 Å². The number of carbonyl (C=O) groups is 1. The number of hydrogen-bond donors (Lipinski definition) is 1. The van der Waals surface area contributed by atoms with Crippen molar-refractivity contribution >= 4 is 17.7 Å². The van der Waals surface area contributed by atoms with Gasteiger partial charge in [0.25, 0.3) is 5.91 Å². The Kier molecular flexibility index (Phi) is 5.18. The number of nitrogens with zero attached hydrogens (tertiary/aromatic N) is 1. The van der Waals surface area contributed by atoms with Gasteiger partial charge in [-0.2, -0.15) is 11.8 Å². The minimum atomic E-state index is -0.0708. The van der Waals surface area contributed by atoms with E-state index < -0.39 is 0 Å². The van der Waals surface area contributed by atoms with E-state index in [4.69, 9.17) is 0 Å². The van der Waals surface area contributed by atoms with E-state index >= 15 is 0 Å². The summed E-state index contributed by atoms with van der Waals surface area (Å²) in [5.41, 5.74) is 2.51. The van der Waals surface area contributed by atoms with E-state index in [-0.39, 0.29) is 11.9 Å². The maximum absolute atomic E-state index is 12.4. The maximum Gasteiger partial charge on any atom is 0.253 e. The molecule has 1 aromatic heterocycles. The number of aryl methyl sites for hydroxylation is 1. The molecule has 0 bridgehead atoms. The second-order valence-electron chi connectivity index (χ2n) is 4.53. The number of thioether (sulfide) groups is 1. The molecule has 2 rings (SSSR count). The molecule has 0 aliphatic heterocycles. The Morgan fingerprint density at radius 1 is 1.25 bits per heavy atom. The molecule has 1 unspecified atom stereocenters. The van der Waals surface area contributed by atoms with E-state index in [0.29, 0.717) is 5.56 Å². The van der Waals surface area contributed by atoms with E-state index in [0.717, 1.165) is 17.0 Å². The lowest BCUT2D eigenvalue weighted by atomic mass is 10.1. The largest absolute Gasteiger partial charge is 0.344 e. The minimum absolute atomic E-state index is 0.0123. The Balaban J connectivity index is 2.17. The van der Waals surface area contributed by atoms with Crippen molar-refractivity contribution in [1.82, 2.24) is 10.3 Å². The topological polar surface area (TPSA) is 42.0 Å². The van der Waals surface area contributed by atoms with Gasteiger partial charge in [-0.05, 0) is 30.9 Å². The van der Waals surface area contributed by atoms with E-state index in [1.807, 2.05) is 43.5 Å². The number of nitrogens with one attached hydrogen (secondary N) is 1. The molecule has 1 amide bonds. The van der Waals surface area contributed by atoms with Crippen LogP contribution in [0.25, 0.3) is 0 Å². The molecule has 1 aromatic carbocycles. The Morgan fingerprint density at radius 3 is 2.65 bits per heavy atom. The summed E-state index contributed by atoms with van der Waals surface area (Å²) in [7, 11) is 0. The van der Waals surface area contributed by atoms with Crippen LogP contribution in [0.3, 0.4) is 0 Å². The molecule has 0 saturated heterocycles. The van der Waals surface area contributed by atoms with Gasteiger partial charge in [-0.3, -0.25) is 9.78 Å². The normalized spacial score (nSPS) is 11.9. The second-order valence-corrected chi connectivity index (χ2v) is 5.44. The first-order chi connectivity index (χ1) is 9.72. The molecule has 104 valence electrons. The average Bonchev–Trinajstić information content (AvgIpc) is 2.48. The number of pyridine rings is 1. The molecular weight excluding hydrogens is 268 g/mol. The van der Waals surface area contributed by atoms with Gasteiger partial charge in [-0.1, -0.05) is 30.3 Å². The molecule has 3 nitrogen and oxygen atoms in total. The maximum atomic E-state index is 12.4. The van der Waals surface area contributed by atoms with Gasteiger partial charge < -0.3 is 5.32 Å². The molecule has 1 atom stereocenters. The summed E-state index contributed by atoms with van der Waals surface area (Å²) >= 11 is 1.72. The Morgan fingerprint density at radius 2 is 2.00 bits per heavy atom. The molecule has 2 aromatic rings. The van der Waals surface area contributed by atoms with Gasteiger partial charge in [0, 0.05) is 17.6 Å². The highest BCUT2D eigenvalue weighted by atomic mass is 32.2. The van der Waals surface area contributed by atoms with Gasteiger partial charge in [0.1, 0.15) is 0 Å². The van der Waals surface area contributed by atoms with Crippen LogP contribution in [0.5, 0.6) is 0 Å². The summed E-state index contributed by atoms with van der Waals surface area (Å²) < 4.78 is 0. The van der Waals surface area contributed by atoms with E-state index in [1.165, 1.54) is 0 Å². The van der Waals surface area contributed by atoms with Crippen LogP contribution < -0.4 is 5.32 Å². The zero-order chi connectivity index (χ0) is 14.4. The average molecular weight is 286 g/mol. The van der Waals surface area contributed by atoms with Gasteiger partial charge >= 0.3 is 0 Å². The molecule has 0 radical (unpaired) electrons. The van der Waals surface area contributed by atoms with Crippen molar-refractivity contribution < 1.29 is 4.79 Å². The van der Waals surface area contributed by atoms with Crippen molar-refractivity contribution in [3.63, 3.8) is 0 Å². The van der Waals surface area contributed by atoms with Crippen LogP contribution in [0, 0.1) is 6.92 Å². The lowest BCUT2D eigenvalue weighted by Gasteiger charge is -2.18. The third-order valence-corrected chi connectivity index (χ3v) is 3.76. The predicted molar refractivity (Wildman–Crippen MR) is 84.0 cm³/mol. The molecule has 1 heterocycles. The monoisotopic (exact) mass is 286 g/mol. The third-order valence-electron chi connectivity index (χ3n) is 3.09. The number of rotatable bonds is 5. The van der Waals surface area contributed by atoms with Crippen molar-refractivity contribution in [3.8, 4) is 0 Å². The van der Waals surface area contributed by atoms with E-state index in [9.17, 15) is 4.79 Å². The summed E-state index contributed by atoms with van der Waals surface area (Å²) in [6.45, 7) is 1.85. The zero-order valence-corrected chi connectivity index (χ0v) is 12.5. The predicted octanol–water partition coefficient (Wildman–Crippen LogP) is 3.22. The fourth-order valence-corrected chi connectivity index (χ4v) is 2.64. The third kappa shape index (κ3) is 3.61. The molecule has 0 spiro atoms. The number of carbonyl (C=O) groups excluding carboxylic acids is 1. The van der Waals surface area contributed by atoms with Crippen LogP contribution in [0.1, 0.15) is 27.7 Å². The van der Waals surface area contributed by atoms with Gasteiger partial charge in [0.2, 0.25) is 0 Å². The van der Waals surface area contributed by atoms with E-state index in [2.05, 4.69) is 10.3 Å². The molecule has 1 N–H and O–H groups in total. The fourth-order valence-electron chi connectivity index (χ4n) is 2.03. The summed E-state index contributed by atoms with van der Waals surface area (Å²) in [5.74, 6) is 0.771. The molecule has 0 aliphatic carbocycles. The number of hydrogen-bond acceptors (Lipinski definition) is 3. The first-order valence-corrected chi connectivity index (χ1v) is 7.88. The standard InChI is InChI=1S/C16H18N2OS/c1-12-14(9-6-10-17-12)16(19)18-15(11-20-2)13-7-4-3-5-8-13/h3-10,15H,11H2,1-2H3,(H,18,19). The molecular formula is C16H18N2OS. The lowest BCUT2D eigenvalue weighted by Crippen LogP contribution is -2.30. The minimum Gasteiger partial charge on any atom is -0.344 e. The van der Waals surface area contributed by atoms with Crippen LogP contribution >= 0.6 is 11.8 Å².